The molecule has 0 bridgehead atoms. The zero-order valence-corrected chi connectivity index (χ0v) is 16.2. The molecule has 0 fully saturated rings. The first-order chi connectivity index (χ1) is 13.8. The molecular formula is C17H14ClF3N4O5. The van der Waals surface area contributed by atoms with Crippen LogP contribution in [0, 0.1) is 0 Å². The van der Waals surface area contributed by atoms with E-state index in [1.54, 1.807) is 0 Å². The number of nitrogens with zero attached hydrogens (tertiary/aromatic N) is 3. The summed E-state index contributed by atoms with van der Waals surface area (Å²) in [5.74, 6) is -3.60. The molecule has 13 heteroatoms. The number of alkyl halides is 3. The highest BCUT2D eigenvalue weighted by Crippen LogP contribution is 2.38. The lowest BCUT2D eigenvalue weighted by Gasteiger charge is -2.17. The lowest BCUT2D eigenvalue weighted by molar-refractivity contribution is -0.137. The van der Waals surface area contributed by atoms with Crippen molar-refractivity contribution in [2.24, 2.45) is 0 Å². The zero-order valence-electron chi connectivity index (χ0n) is 15.4. The highest BCUT2D eigenvalue weighted by atomic mass is 35.5. The van der Waals surface area contributed by atoms with E-state index in [2.05, 4.69) is 4.98 Å². The maximum Gasteiger partial charge on any atom is 0.418 e. The molecule has 2 heterocycles. The molecule has 0 atom stereocenters. The molecule has 1 amide bonds. The van der Waals surface area contributed by atoms with Crippen LogP contribution in [0.15, 0.2) is 16.9 Å². The summed E-state index contributed by atoms with van der Waals surface area (Å²) in [6.45, 7) is 2.21. The van der Waals surface area contributed by atoms with E-state index in [1.165, 1.54) is 13.8 Å². The summed E-state index contributed by atoms with van der Waals surface area (Å²) in [5.41, 5.74) is -4.36. The van der Waals surface area contributed by atoms with Gasteiger partial charge in [-0.3, -0.25) is 14.4 Å². The van der Waals surface area contributed by atoms with E-state index < -0.39 is 64.2 Å². The van der Waals surface area contributed by atoms with E-state index in [0.717, 1.165) is 15.3 Å². The number of aromatic nitrogens is 3. The third kappa shape index (κ3) is 3.43. The normalized spacial score (nSPS) is 12.1. The second-order valence-corrected chi connectivity index (χ2v) is 7.05. The summed E-state index contributed by atoms with van der Waals surface area (Å²) in [7, 11) is 0. The third-order valence-electron chi connectivity index (χ3n) is 4.21. The van der Waals surface area contributed by atoms with Gasteiger partial charge in [-0.25, -0.2) is 14.2 Å². The molecule has 3 aromatic rings. The number of imidazole rings is 1. The minimum atomic E-state index is -4.83. The maximum absolute atomic E-state index is 13.5. The Morgan fingerprint density at radius 1 is 1.30 bits per heavy atom. The van der Waals surface area contributed by atoms with E-state index in [1.807, 2.05) is 5.32 Å². The van der Waals surface area contributed by atoms with Gasteiger partial charge in [-0.05, 0) is 26.0 Å². The lowest BCUT2D eigenvalue weighted by atomic mass is 10.2. The number of hydrogen-bond acceptors (Lipinski definition) is 5. The molecular weight excluding hydrogens is 433 g/mol. The number of nitrogens with one attached hydrogen (secondary N) is 1. The van der Waals surface area contributed by atoms with Crippen molar-refractivity contribution in [3.05, 3.63) is 38.6 Å². The van der Waals surface area contributed by atoms with Crippen molar-refractivity contribution in [2.75, 3.05) is 6.54 Å². The maximum atomic E-state index is 13.5. The first-order valence-electron chi connectivity index (χ1n) is 8.41. The first-order valence-corrected chi connectivity index (χ1v) is 8.79. The van der Waals surface area contributed by atoms with Crippen LogP contribution in [0.2, 0.25) is 5.02 Å². The Morgan fingerprint density at radius 3 is 2.47 bits per heavy atom. The molecule has 9 nitrogen and oxygen atoms in total. The number of carboxylic acids is 1. The van der Waals surface area contributed by atoms with Crippen molar-refractivity contribution in [2.45, 2.75) is 26.1 Å². The molecule has 0 saturated heterocycles. The number of aliphatic carboxylic acids is 1. The average Bonchev–Trinajstić information content (AvgIpc) is 2.97. The number of carbonyl (C=O) groups excluding carboxylic acids is 1. The van der Waals surface area contributed by atoms with E-state index in [9.17, 15) is 32.7 Å². The Labute approximate surface area is 170 Å². The van der Waals surface area contributed by atoms with Crippen molar-refractivity contribution >= 4 is 40.2 Å². The summed E-state index contributed by atoms with van der Waals surface area (Å²) in [5, 5.41) is 20.9. The van der Waals surface area contributed by atoms with Gasteiger partial charge in [-0.15, -0.1) is 0 Å². The van der Waals surface area contributed by atoms with Crippen LogP contribution in [0.25, 0.3) is 16.7 Å². The zero-order chi connectivity index (χ0) is 22.5. The van der Waals surface area contributed by atoms with E-state index in [-0.39, 0.29) is 10.5 Å². The molecule has 0 radical (unpaired) electrons. The van der Waals surface area contributed by atoms with Gasteiger partial charge in [0, 0.05) is 11.1 Å². The molecule has 3 rings (SSSR count). The van der Waals surface area contributed by atoms with Crippen molar-refractivity contribution in [3.63, 3.8) is 0 Å². The van der Waals surface area contributed by atoms with Crippen molar-refractivity contribution < 1.29 is 33.0 Å². The van der Waals surface area contributed by atoms with Crippen LogP contribution in [0.4, 0.5) is 13.2 Å². The van der Waals surface area contributed by atoms with Crippen LogP contribution >= 0.6 is 11.6 Å². The van der Waals surface area contributed by atoms with Gasteiger partial charge in [0.15, 0.2) is 17.0 Å². The van der Waals surface area contributed by atoms with Crippen LogP contribution < -0.4 is 10.9 Å². The SMILES string of the molecule is CC(C)n1c(=O)c(C(=O)NCC(=O)O)c(O)c2nc3c(C(F)(F)F)cc(Cl)cc3n21. The number of hydrogen-bond donors (Lipinski definition) is 3. The molecule has 0 unspecified atom stereocenters. The van der Waals surface area contributed by atoms with Crippen molar-refractivity contribution in [1.29, 1.82) is 0 Å². The fraction of sp³-hybridized carbons (Fsp3) is 0.294. The van der Waals surface area contributed by atoms with Gasteiger partial charge < -0.3 is 15.5 Å². The molecule has 0 aliphatic heterocycles. The number of rotatable bonds is 4. The minimum Gasteiger partial charge on any atom is -0.504 e. The molecule has 1 aromatic carbocycles. The number of benzene rings is 1. The van der Waals surface area contributed by atoms with Gasteiger partial charge in [0.05, 0.1) is 11.1 Å². The summed E-state index contributed by atoms with van der Waals surface area (Å²) in [4.78, 5) is 39.7. The number of fused-ring (bicyclic) bond motifs is 3. The Morgan fingerprint density at radius 2 is 1.93 bits per heavy atom. The van der Waals surface area contributed by atoms with E-state index in [0.29, 0.717) is 6.07 Å². The molecule has 3 N–H and O–H groups in total. The van der Waals surface area contributed by atoms with Crippen LogP contribution in [0.5, 0.6) is 5.75 Å². The Balaban J connectivity index is 2.48. The molecule has 0 spiro atoms. The highest BCUT2D eigenvalue weighted by Gasteiger charge is 2.36. The average molecular weight is 447 g/mol. The summed E-state index contributed by atoms with van der Waals surface area (Å²) in [6, 6.07) is 1.12. The first kappa shape index (κ1) is 21.4. The van der Waals surface area contributed by atoms with Crippen LogP contribution in [-0.4, -0.2) is 42.8 Å². The number of carboxylic acid groups (broad SMARTS) is 1. The largest absolute Gasteiger partial charge is 0.504 e. The number of amides is 1. The van der Waals surface area contributed by atoms with Gasteiger partial charge in [0.1, 0.15) is 12.1 Å². The third-order valence-corrected chi connectivity index (χ3v) is 4.43. The fourth-order valence-electron chi connectivity index (χ4n) is 3.05. The predicted molar refractivity (Wildman–Crippen MR) is 99.0 cm³/mol. The Bertz CT molecular complexity index is 1260. The smallest absolute Gasteiger partial charge is 0.418 e. The Kier molecular flexibility index (Phi) is 5.14. The molecule has 0 aliphatic carbocycles. The lowest BCUT2D eigenvalue weighted by Crippen LogP contribution is -2.38. The topological polar surface area (TPSA) is 126 Å². The molecule has 160 valence electrons. The highest BCUT2D eigenvalue weighted by molar-refractivity contribution is 6.31. The monoisotopic (exact) mass is 446 g/mol. The second kappa shape index (κ2) is 7.20. The van der Waals surface area contributed by atoms with Crippen LogP contribution in [-0.2, 0) is 11.0 Å². The molecule has 30 heavy (non-hydrogen) atoms. The van der Waals surface area contributed by atoms with E-state index >= 15 is 0 Å². The summed E-state index contributed by atoms with van der Waals surface area (Å²) >= 11 is 5.84. The molecule has 0 aliphatic rings. The molecule has 0 saturated carbocycles. The van der Waals surface area contributed by atoms with Gasteiger partial charge in [-0.1, -0.05) is 11.6 Å². The van der Waals surface area contributed by atoms with Crippen LogP contribution in [0.3, 0.4) is 0 Å². The number of carbonyl (C=O) groups is 2. The summed E-state index contributed by atoms with van der Waals surface area (Å²) in [6.07, 6.45) is -4.83. The Hall–Kier alpha value is -3.28. The predicted octanol–water partition coefficient (Wildman–Crippen LogP) is 2.42. The van der Waals surface area contributed by atoms with Gasteiger partial charge >= 0.3 is 12.1 Å². The standard InChI is InChI=1S/C17H14ClF3N4O5/c1-6(2)24-16(30)11(15(29)22-5-10(26)27)13(28)14-23-12-8(17(19,20)21)3-7(18)4-9(12)25(14)24/h3-4,6,28H,5H2,1-2H3,(H,22,29)(H,26,27). The fourth-order valence-corrected chi connectivity index (χ4v) is 3.26. The van der Waals surface area contributed by atoms with Crippen LogP contribution in [0.1, 0.15) is 35.8 Å². The number of aromatic hydroxyl groups is 1. The second-order valence-electron chi connectivity index (χ2n) is 6.61. The van der Waals surface area contributed by atoms with Crippen molar-refractivity contribution in [1.82, 2.24) is 19.5 Å². The number of halogens is 4. The van der Waals surface area contributed by atoms with Gasteiger partial charge in [0.2, 0.25) is 0 Å². The minimum absolute atomic E-state index is 0.205. The molecule has 2 aromatic heterocycles. The quantitative estimate of drug-likeness (QED) is 0.565. The van der Waals surface area contributed by atoms with Gasteiger partial charge in [-0.2, -0.15) is 13.2 Å². The van der Waals surface area contributed by atoms with Crippen molar-refractivity contribution in [3.8, 4) is 5.75 Å². The van der Waals surface area contributed by atoms with Gasteiger partial charge in [0.25, 0.3) is 11.5 Å². The summed E-state index contributed by atoms with van der Waals surface area (Å²) < 4.78 is 42.3. The van der Waals surface area contributed by atoms with E-state index in [4.69, 9.17) is 16.7 Å².